The molecule has 1 amide bonds. The van der Waals surface area contributed by atoms with Crippen molar-refractivity contribution in [3.63, 3.8) is 0 Å². The lowest BCUT2D eigenvalue weighted by Crippen LogP contribution is -2.42. The van der Waals surface area contributed by atoms with Gasteiger partial charge < -0.3 is 26.1 Å². The van der Waals surface area contributed by atoms with Crippen molar-refractivity contribution in [2.24, 2.45) is 5.73 Å². The van der Waals surface area contributed by atoms with Gasteiger partial charge in [-0.05, 0) is 49.2 Å². The predicted molar refractivity (Wildman–Crippen MR) is 132 cm³/mol. The van der Waals surface area contributed by atoms with E-state index in [-0.39, 0.29) is 5.91 Å². The smallest absolute Gasteiger partial charge is 0.237 e. The van der Waals surface area contributed by atoms with Crippen LogP contribution in [0.4, 0.5) is 5.69 Å². The summed E-state index contributed by atoms with van der Waals surface area (Å²) in [6, 6.07) is 10.9. The minimum atomic E-state index is -0.597. The van der Waals surface area contributed by atoms with Gasteiger partial charge in [0.15, 0.2) is 0 Å². The van der Waals surface area contributed by atoms with Crippen LogP contribution >= 0.6 is 11.6 Å². The average Bonchev–Trinajstić information content (AvgIpc) is 3.33. The molecular weight excluding hydrogens is 440 g/mol. The zero-order valence-corrected chi connectivity index (χ0v) is 19.2. The number of nitrogens with zero attached hydrogens (tertiary/aromatic N) is 2. The molecule has 172 valence electrons. The van der Waals surface area contributed by atoms with E-state index in [0.29, 0.717) is 18.0 Å². The number of methoxy groups -OCH3 is 1. The summed E-state index contributed by atoms with van der Waals surface area (Å²) in [6.45, 7) is 1.31. The summed E-state index contributed by atoms with van der Waals surface area (Å²) >= 11 is 6.19. The molecule has 1 atom stereocenters. The number of carbonyl (C=O) groups is 1. The Balaban J connectivity index is 1.36. The van der Waals surface area contributed by atoms with E-state index in [1.807, 2.05) is 36.4 Å². The fourth-order valence-corrected chi connectivity index (χ4v) is 3.91. The van der Waals surface area contributed by atoms with E-state index in [1.54, 1.807) is 19.6 Å². The van der Waals surface area contributed by atoms with Crippen molar-refractivity contribution in [3.8, 4) is 5.75 Å². The number of amides is 1. The molecule has 0 spiro atoms. The van der Waals surface area contributed by atoms with Crippen molar-refractivity contribution in [2.75, 3.05) is 25.5 Å². The highest BCUT2D eigenvalue weighted by Gasteiger charge is 2.14. The van der Waals surface area contributed by atoms with Gasteiger partial charge in [0.25, 0.3) is 0 Å². The summed E-state index contributed by atoms with van der Waals surface area (Å²) in [5.74, 6) is 0.613. The number of rotatable bonds is 10. The minimum absolute atomic E-state index is 0.160. The molecule has 0 bridgehead atoms. The number of pyridine rings is 1. The second-order valence-electron chi connectivity index (χ2n) is 7.84. The van der Waals surface area contributed by atoms with E-state index in [0.717, 1.165) is 58.3 Å². The molecule has 0 fully saturated rings. The normalized spacial score (nSPS) is 12.1. The second-order valence-corrected chi connectivity index (χ2v) is 8.28. The van der Waals surface area contributed by atoms with Crippen LogP contribution in [0.1, 0.15) is 18.5 Å². The third-order valence-electron chi connectivity index (χ3n) is 5.48. The molecule has 33 heavy (non-hydrogen) atoms. The van der Waals surface area contributed by atoms with Gasteiger partial charge in [-0.1, -0.05) is 11.6 Å². The number of halogens is 1. The lowest BCUT2D eigenvalue weighted by atomic mass is 10.1. The van der Waals surface area contributed by atoms with Crippen molar-refractivity contribution in [1.82, 2.24) is 20.3 Å². The topological polar surface area (TPSA) is 118 Å². The molecule has 0 saturated carbocycles. The molecular formula is C24H27ClN6O2. The number of unbranched alkanes of at least 4 members (excludes halogenated alkanes) is 1. The van der Waals surface area contributed by atoms with Crippen LogP contribution in [0.5, 0.6) is 5.75 Å². The van der Waals surface area contributed by atoms with Gasteiger partial charge in [-0.25, -0.2) is 9.97 Å². The molecule has 0 aliphatic carbocycles. The van der Waals surface area contributed by atoms with Crippen LogP contribution in [0.25, 0.3) is 21.8 Å². The lowest BCUT2D eigenvalue weighted by Gasteiger charge is -2.15. The first-order valence-electron chi connectivity index (χ1n) is 10.9. The van der Waals surface area contributed by atoms with Crippen LogP contribution < -0.4 is 21.1 Å². The summed E-state index contributed by atoms with van der Waals surface area (Å²) < 4.78 is 5.41. The summed E-state index contributed by atoms with van der Waals surface area (Å²) in [7, 11) is 1.65. The maximum atomic E-state index is 12.2. The summed E-state index contributed by atoms with van der Waals surface area (Å²) in [5, 5.41) is 9.10. The predicted octanol–water partition coefficient (Wildman–Crippen LogP) is 3.65. The summed E-state index contributed by atoms with van der Waals surface area (Å²) in [4.78, 5) is 23.8. The molecule has 2 aromatic carbocycles. The quantitative estimate of drug-likeness (QED) is 0.209. The Bertz CT molecular complexity index is 1240. The Morgan fingerprint density at radius 3 is 2.79 bits per heavy atom. The number of H-pyrrole nitrogens is 1. The number of anilines is 1. The van der Waals surface area contributed by atoms with Crippen LogP contribution in [0.3, 0.4) is 0 Å². The first-order valence-corrected chi connectivity index (χ1v) is 11.2. The number of nitrogens with two attached hydrogens (primary N) is 1. The van der Waals surface area contributed by atoms with E-state index in [1.165, 1.54) is 0 Å². The largest absolute Gasteiger partial charge is 0.497 e. The molecule has 0 aliphatic heterocycles. The van der Waals surface area contributed by atoms with Crippen molar-refractivity contribution < 1.29 is 9.53 Å². The van der Waals surface area contributed by atoms with Crippen LogP contribution in [0, 0.1) is 0 Å². The highest BCUT2D eigenvalue weighted by atomic mass is 35.5. The van der Waals surface area contributed by atoms with Gasteiger partial charge in [-0.2, -0.15) is 0 Å². The van der Waals surface area contributed by atoms with Crippen LogP contribution in [-0.4, -0.2) is 47.1 Å². The number of aromatic nitrogens is 3. The number of carbonyl (C=O) groups excluding carboxylic acids is 1. The average molecular weight is 467 g/mol. The zero-order valence-electron chi connectivity index (χ0n) is 18.4. The van der Waals surface area contributed by atoms with E-state index >= 15 is 0 Å². The first-order chi connectivity index (χ1) is 16.0. The number of hydrogen-bond acceptors (Lipinski definition) is 6. The van der Waals surface area contributed by atoms with Crippen molar-refractivity contribution in [1.29, 1.82) is 0 Å². The number of fused-ring (bicyclic) bond motifs is 2. The van der Waals surface area contributed by atoms with Gasteiger partial charge in [0.2, 0.25) is 5.91 Å². The van der Waals surface area contributed by atoms with E-state index < -0.39 is 6.04 Å². The number of ether oxygens (including phenoxy) is 1. The van der Waals surface area contributed by atoms with E-state index in [9.17, 15) is 4.79 Å². The Hall–Kier alpha value is -3.36. The molecule has 4 aromatic rings. The van der Waals surface area contributed by atoms with Crippen molar-refractivity contribution >= 4 is 45.0 Å². The number of hydrogen-bond donors (Lipinski definition) is 4. The standard InChI is InChI=1S/C24H27ClN6O2/c1-33-17-5-7-21-19(12-17)23(18-6-4-15(25)10-22(18)31-21)28-8-2-3-9-29-24(32)20(26)11-16-13-27-14-30-16/h4-7,10,12-14,20H,2-3,8-9,11,26H2,1H3,(H,27,30)(H,28,31)(H,29,32)/t20-/m0/s1. The Labute approximate surface area is 196 Å². The Kier molecular flexibility index (Phi) is 7.26. The van der Waals surface area contributed by atoms with Gasteiger partial charge in [-0.3, -0.25) is 4.79 Å². The van der Waals surface area contributed by atoms with Gasteiger partial charge >= 0.3 is 0 Å². The van der Waals surface area contributed by atoms with Gasteiger partial charge in [0.1, 0.15) is 5.75 Å². The molecule has 2 heterocycles. The molecule has 0 aliphatic rings. The van der Waals surface area contributed by atoms with Crippen LogP contribution in [0.15, 0.2) is 48.9 Å². The Morgan fingerprint density at radius 2 is 2.00 bits per heavy atom. The fraction of sp³-hybridized carbons (Fsp3) is 0.292. The number of nitrogens with one attached hydrogen (secondary N) is 3. The second kappa shape index (κ2) is 10.5. The third-order valence-corrected chi connectivity index (χ3v) is 5.71. The van der Waals surface area contributed by atoms with Crippen LogP contribution in [0.2, 0.25) is 5.02 Å². The van der Waals surface area contributed by atoms with Crippen LogP contribution in [-0.2, 0) is 11.2 Å². The minimum Gasteiger partial charge on any atom is -0.497 e. The summed E-state index contributed by atoms with van der Waals surface area (Å²) in [5.41, 5.74) is 9.51. The molecule has 8 nitrogen and oxygen atoms in total. The monoisotopic (exact) mass is 466 g/mol. The molecule has 5 N–H and O–H groups in total. The van der Waals surface area contributed by atoms with Crippen molar-refractivity contribution in [3.05, 3.63) is 59.6 Å². The molecule has 0 unspecified atom stereocenters. The molecule has 9 heteroatoms. The zero-order chi connectivity index (χ0) is 23.2. The number of imidazole rings is 1. The van der Waals surface area contributed by atoms with Gasteiger partial charge in [0, 0.05) is 47.2 Å². The van der Waals surface area contributed by atoms with E-state index in [2.05, 4.69) is 20.6 Å². The fourth-order valence-electron chi connectivity index (χ4n) is 3.75. The lowest BCUT2D eigenvalue weighted by molar-refractivity contribution is -0.122. The first kappa shape index (κ1) is 22.8. The Morgan fingerprint density at radius 1 is 1.15 bits per heavy atom. The highest BCUT2D eigenvalue weighted by molar-refractivity contribution is 6.31. The molecule has 0 radical (unpaired) electrons. The summed E-state index contributed by atoms with van der Waals surface area (Å²) in [6.07, 6.45) is 5.38. The number of aromatic amines is 1. The highest BCUT2D eigenvalue weighted by Crippen LogP contribution is 2.34. The van der Waals surface area contributed by atoms with E-state index in [4.69, 9.17) is 27.1 Å². The maximum Gasteiger partial charge on any atom is 0.237 e. The SMILES string of the molecule is COc1ccc2nc3cc(Cl)ccc3c(NCCCCNC(=O)[C@@H](N)Cc3cnc[nH]3)c2c1. The third kappa shape index (κ3) is 5.53. The van der Waals surface area contributed by atoms with Gasteiger partial charge in [-0.15, -0.1) is 0 Å². The van der Waals surface area contributed by atoms with Crippen molar-refractivity contribution in [2.45, 2.75) is 25.3 Å². The van der Waals surface area contributed by atoms with Gasteiger partial charge in [0.05, 0.1) is 36.2 Å². The molecule has 2 aromatic heterocycles. The maximum absolute atomic E-state index is 12.2. The molecule has 0 saturated heterocycles. The number of benzene rings is 2. The molecule has 4 rings (SSSR count).